The predicted molar refractivity (Wildman–Crippen MR) is 180 cm³/mol. The van der Waals surface area contributed by atoms with Crippen molar-refractivity contribution in [3.8, 4) is 5.75 Å². The first kappa shape index (κ1) is 36.2. The molecule has 13 nitrogen and oxygen atoms in total. The van der Waals surface area contributed by atoms with Gasteiger partial charge in [-0.15, -0.1) is 0 Å². The fourth-order valence-electron chi connectivity index (χ4n) is 4.87. The molecule has 0 unspecified atom stereocenters. The largest absolute Gasteiger partial charge is 0.508 e. The molecule has 4 atom stereocenters. The van der Waals surface area contributed by atoms with Crippen LogP contribution >= 0.6 is 0 Å². The third kappa shape index (κ3) is 12.6. The number of amides is 3. The smallest absolute Gasteiger partial charge is 0.243 e. The molecule has 0 aliphatic heterocycles. The topological polar surface area (TPSA) is 241 Å². The van der Waals surface area contributed by atoms with Gasteiger partial charge in [-0.25, -0.2) is 0 Å². The minimum absolute atomic E-state index is 0.0807. The van der Waals surface area contributed by atoms with Crippen LogP contribution in [0.25, 0.3) is 0 Å². The van der Waals surface area contributed by atoms with Crippen molar-refractivity contribution in [2.45, 2.75) is 56.3 Å². The molecule has 250 valence electrons. The molecule has 0 aliphatic carbocycles. The molecule has 0 bridgehead atoms. The van der Waals surface area contributed by atoms with E-state index in [2.05, 4.69) is 20.9 Å². The summed E-state index contributed by atoms with van der Waals surface area (Å²) in [4.78, 5) is 57.3. The number of phenolic OH excluding ortho intramolecular Hbond substituents is 1. The third-order valence-electron chi connectivity index (χ3n) is 7.41. The van der Waals surface area contributed by atoms with E-state index in [1.54, 1.807) is 12.1 Å². The van der Waals surface area contributed by atoms with Gasteiger partial charge in [-0.2, -0.15) is 0 Å². The van der Waals surface area contributed by atoms with E-state index in [0.29, 0.717) is 6.42 Å². The number of rotatable bonds is 18. The maximum absolute atomic E-state index is 13.8. The van der Waals surface area contributed by atoms with Crippen LogP contribution in [0.3, 0.4) is 0 Å². The van der Waals surface area contributed by atoms with E-state index in [4.69, 9.17) is 22.9 Å². The SMILES string of the molecule is NCC(=O)[C@H](Cc1ccccc1)NC(=O)[C@H](Cc1ccccc1)NC(=O)[C@@H](CCCN=C(N)N)NC(=O)[C@@H](N)Cc1ccc(O)cc1. The molecule has 3 rings (SSSR count). The van der Waals surface area contributed by atoms with Crippen molar-refractivity contribution in [3.63, 3.8) is 0 Å². The molecular formula is C34H44N8O5. The second-order valence-electron chi connectivity index (χ2n) is 11.2. The van der Waals surface area contributed by atoms with Crippen molar-refractivity contribution < 1.29 is 24.3 Å². The van der Waals surface area contributed by atoms with Crippen molar-refractivity contribution in [3.05, 3.63) is 102 Å². The molecule has 0 radical (unpaired) electrons. The Balaban J connectivity index is 1.80. The van der Waals surface area contributed by atoms with Gasteiger partial charge in [0.15, 0.2) is 11.7 Å². The van der Waals surface area contributed by atoms with Gasteiger partial charge in [0.25, 0.3) is 0 Å². The lowest BCUT2D eigenvalue weighted by Gasteiger charge is -2.26. The van der Waals surface area contributed by atoms with Crippen LogP contribution in [0.15, 0.2) is 89.9 Å². The van der Waals surface area contributed by atoms with Gasteiger partial charge in [-0.1, -0.05) is 72.8 Å². The highest BCUT2D eigenvalue weighted by atomic mass is 16.3. The Morgan fingerprint density at radius 2 is 1.15 bits per heavy atom. The number of nitrogens with zero attached hydrogens (tertiary/aromatic N) is 1. The van der Waals surface area contributed by atoms with E-state index in [9.17, 15) is 24.3 Å². The number of phenols is 1. The van der Waals surface area contributed by atoms with Crippen molar-refractivity contribution >= 4 is 29.5 Å². The standard InChI is InChI=1S/C34H44N8O5/c35-21-30(44)28(19-22-8-3-1-4-9-22)41-33(47)29(20-23-10-5-2-6-11-23)42-32(46)27(12-7-17-39-34(37)38)40-31(45)26(36)18-24-13-15-25(43)16-14-24/h1-6,8-11,13-16,26-29,43H,7,12,17-21,35-36H2,(H,40,45)(H,41,47)(H,42,46)(H4,37,38,39)/t26-,27+,28-,29-/m0/s1. The number of guanidine groups is 1. The van der Waals surface area contributed by atoms with E-state index in [1.807, 2.05) is 60.7 Å². The summed E-state index contributed by atoms with van der Waals surface area (Å²) in [5.74, 6) is -2.18. The third-order valence-corrected chi connectivity index (χ3v) is 7.41. The molecular weight excluding hydrogens is 600 g/mol. The normalized spacial score (nSPS) is 13.3. The number of nitrogens with two attached hydrogens (primary N) is 4. The molecule has 0 fully saturated rings. The Bertz CT molecular complexity index is 1480. The summed E-state index contributed by atoms with van der Waals surface area (Å²) < 4.78 is 0. The van der Waals surface area contributed by atoms with Crippen LogP contribution in [-0.2, 0) is 38.4 Å². The van der Waals surface area contributed by atoms with E-state index < -0.39 is 41.9 Å². The lowest BCUT2D eigenvalue weighted by atomic mass is 10.00. The van der Waals surface area contributed by atoms with Gasteiger partial charge in [-0.3, -0.25) is 24.2 Å². The number of hydrogen-bond acceptors (Lipinski definition) is 8. The summed E-state index contributed by atoms with van der Waals surface area (Å²) in [5.41, 5.74) is 25.0. The molecule has 0 saturated carbocycles. The average molecular weight is 645 g/mol. The lowest BCUT2D eigenvalue weighted by Crippen LogP contribution is -2.58. The summed E-state index contributed by atoms with van der Waals surface area (Å²) in [6.07, 6.45) is 0.968. The van der Waals surface area contributed by atoms with Gasteiger partial charge in [0, 0.05) is 13.0 Å². The molecule has 47 heavy (non-hydrogen) atoms. The van der Waals surface area contributed by atoms with Gasteiger partial charge in [0.05, 0.1) is 18.6 Å². The zero-order valence-corrected chi connectivity index (χ0v) is 26.2. The minimum atomic E-state index is -1.10. The summed E-state index contributed by atoms with van der Waals surface area (Å²) in [6.45, 7) is -0.0698. The van der Waals surface area contributed by atoms with E-state index in [1.165, 1.54) is 12.1 Å². The molecule has 0 aliphatic rings. The van der Waals surface area contributed by atoms with Gasteiger partial charge in [0.1, 0.15) is 17.8 Å². The van der Waals surface area contributed by atoms with E-state index in [-0.39, 0.29) is 56.3 Å². The molecule has 0 aromatic heterocycles. The first-order chi connectivity index (χ1) is 22.5. The van der Waals surface area contributed by atoms with Gasteiger partial charge in [-0.05, 0) is 54.5 Å². The Morgan fingerprint density at radius 3 is 1.70 bits per heavy atom. The second kappa shape index (κ2) is 18.6. The van der Waals surface area contributed by atoms with Crippen LogP contribution in [0, 0.1) is 0 Å². The number of aliphatic imine (C=N–C) groups is 1. The number of carbonyl (C=O) groups excluding carboxylic acids is 4. The van der Waals surface area contributed by atoms with Crippen LogP contribution in [0.4, 0.5) is 0 Å². The van der Waals surface area contributed by atoms with Gasteiger partial charge < -0.3 is 44.0 Å². The Hall–Kier alpha value is -5.27. The predicted octanol–water partition coefficient (Wildman–Crippen LogP) is -0.217. The fourth-order valence-corrected chi connectivity index (χ4v) is 4.87. The highest BCUT2D eigenvalue weighted by Gasteiger charge is 2.30. The number of hydrogen-bond donors (Lipinski definition) is 8. The van der Waals surface area contributed by atoms with Gasteiger partial charge >= 0.3 is 0 Å². The molecule has 0 saturated heterocycles. The van der Waals surface area contributed by atoms with Crippen molar-refractivity contribution in [1.82, 2.24) is 16.0 Å². The summed E-state index contributed by atoms with van der Waals surface area (Å²) in [6, 6.07) is 20.4. The Kier molecular flexibility index (Phi) is 14.4. The van der Waals surface area contributed by atoms with Crippen molar-refractivity contribution in [2.24, 2.45) is 27.9 Å². The molecule has 3 aromatic rings. The molecule has 3 amide bonds. The zero-order chi connectivity index (χ0) is 34.2. The summed E-state index contributed by atoms with van der Waals surface area (Å²) in [5, 5.41) is 17.8. The van der Waals surface area contributed by atoms with Gasteiger partial charge in [0.2, 0.25) is 17.7 Å². The van der Waals surface area contributed by atoms with E-state index >= 15 is 0 Å². The molecule has 0 heterocycles. The highest BCUT2D eigenvalue weighted by Crippen LogP contribution is 2.12. The lowest BCUT2D eigenvalue weighted by molar-refractivity contribution is -0.133. The number of Topliss-reactive ketones (excluding diaryl/α,β-unsaturated/α-hetero) is 1. The number of carbonyl (C=O) groups is 4. The highest BCUT2D eigenvalue weighted by molar-refractivity contribution is 5.95. The Labute approximate surface area is 274 Å². The monoisotopic (exact) mass is 644 g/mol. The number of aromatic hydroxyl groups is 1. The first-order valence-electron chi connectivity index (χ1n) is 15.4. The van der Waals surface area contributed by atoms with Crippen LogP contribution in [-0.4, -0.2) is 71.8 Å². The molecule has 12 N–H and O–H groups in total. The minimum Gasteiger partial charge on any atom is -0.508 e. The molecule has 13 heteroatoms. The quantitative estimate of drug-likeness (QED) is 0.0518. The number of benzene rings is 3. The maximum atomic E-state index is 13.8. The average Bonchev–Trinajstić information content (AvgIpc) is 3.06. The summed E-state index contributed by atoms with van der Waals surface area (Å²) in [7, 11) is 0. The second-order valence-corrected chi connectivity index (χ2v) is 11.2. The van der Waals surface area contributed by atoms with Crippen molar-refractivity contribution in [2.75, 3.05) is 13.1 Å². The van der Waals surface area contributed by atoms with Crippen LogP contribution in [0.5, 0.6) is 5.75 Å². The van der Waals surface area contributed by atoms with Crippen molar-refractivity contribution in [1.29, 1.82) is 0 Å². The number of ketones is 1. The van der Waals surface area contributed by atoms with Crippen LogP contribution in [0.1, 0.15) is 29.5 Å². The zero-order valence-electron chi connectivity index (χ0n) is 26.2. The summed E-state index contributed by atoms with van der Waals surface area (Å²) >= 11 is 0. The molecule has 0 spiro atoms. The molecule has 3 aromatic carbocycles. The van der Waals surface area contributed by atoms with Crippen LogP contribution in [0.2, 0.25) is 0 Å². The fraction of sp³-hybridized carbons (Fsp3) is 0.324. The van der Waals surface area contributed by atoms with Crippen LogP contribution < -0.4 is 38.9 Å². The maximum Gasteiger partial charge on any atom is 0.243 e. The van der Waals surface area contributed by atoms with E-state index in [0.717, 1.165) is 16.7 Å². The first-order valence-corrected chi connectivity index (χ1v) is 15.4. The Morgan fingerprint density at radius 1 is 0.660 bits per heavy atom. The number of nitrogens with one attached hydrogen (secondary N) is 3.